The number of aromatic nitrogens is 2. The molecule has 0 atom stereocenters. The number of fused-ring (bicyclic) bond motifs is 1. The topological polar surface area (TPSA) is 56.2 Å². The summed E-state index contributed by atoms with van der Waals surface area (Å²) >= 11 is 0. The third kappa shape index (κ3) is 4.14. The molecule has 0 aliphatic heterocycles. The van der Waals surface area contributed by atoms with Crippen molar-refractivity contribution in [1.82, 2.24) is 9.55 Å². The molecular weight excluding hydrogens is 362 g/mol. The lowest BCUT2D eigenvalue weighted by Crippen LogP contribution is -2.24. The van der Waals surface area contributed by atoms with Crippen LogP contribution >= 0.6 is 0 Å². The molecule has 1 saturated carbocycles. The minimum atomic E-state index is -0.557. The summed E-state index contributed by atoms with van der Waals surface area (Å²) in [6.07, 6.45) is 6.29. The first-order valence-electron chi connectivity index (χ1n) is 10.3. The summed E-state index contributed by atoms with van der Waals surface area (Å²) < 4.78 is 7.89. The Kier molecular flexibility index (Phi) is 4.85. The Morgan fingerprint density at radius 2 is 2.00 bits per heavy atom. The highest BCUT2D eigenvalue weighted by atomic mass is 16.6. The minimum absolute atomic E-state index is 0.345. The van der Waals surface area contributed by atoms with Crippen molar-refractivity contribution in [3.8, 4) is 0 Å². The highest BCUT2D eigenvalue weighted by Gasteiger charge is 2.28. The molecule has 0 bridgehead atoms. The van der Waals surface area contributed by atoms with E-state index >= 15 is 0 Å². The van der Waals surface area contributed by atoms with Gasteiger partial charge in [-0.1, -0.05) is 6.07 Å². The van der Waals surface area contributed by atoms with Crippen molar-refractivity contribution in [1.29, 1.82) is 0 Å². The third-order valence-corrected chi connectivity index (χ3v) is 5.15. The number of pyridine rings is 1. The molecule has 29 heavy (non-hydrogen) atoms. The molecule has 1 aliphatic carbocycles. The minimum Gasteiger partial charge on any atom is -0.456 e. The van der Waals surface area contributed by atoms with Gasteiger partial charge in [-0.3, -0.25) is 0 Å². The Balaban J connectivity index is 1.73. The predicted octanol–water partition coefficient (Wildman–Crippen LogP) is 6.19. The summed E-state index contributed by atoms with van der Waals surface area (Å²) in [6.45, 7) is 9.97. The van der Waals surface area contributed by atoms with Crippen molar-refractivity contribution < 1.29 is 9.53 Å². The normalized spacial score (nSPS) is 14.4. The molecule has 2 aromatic heterocycles. The molecule has 5 heteroatoms. The van der Waals surface area contributed by atoms with Crippen LogP contribution in [0.2, 0.25) is 0 Å². The van der Waals surface area contributed by atoms with Crippen LogP contribution in [0.1, 0.15) is 75.3 Å². The number of carbonyl (C=O) groups excluding carboxylic acids is 1. The number of ether oxygens (including phenoxy) is 1. The average molecular weight is 392 g/mol. The van der Waals surface area contributed by atoms with E-state index in [2.05, 4.69) is 47.0 Å². The van der Waals surface area contributed by atoms with Crippen LogP contribution in [0.4, 0.5) is 11.5 Å². The van der Waals surface area contributed by atoms with Crippen molar-refractivity contribution in [3.05, 3.63) is 53.9 Å². The van der Waals surface area contributed by atoms with Crippen LogP contribution in [0, 0.1) is 0 Å². The first-order valence-corrected chi connectivity index (χ1v) is 10.3. The Morgan fingerprint density at radius 3 is 2.66 bits per heavy atom. The molecule has 3 aromatic rings. The maximum absolute atomic E-state index is 12.9. The van der Waals surface area contributed by atoms with Crippen LogP contribution in [0.3, 0.4) is 0 Å². The van der Waals surface area contributed by atoms with Gasteiger partial charge >= 0.3 is 5.97 Å². The van der Waals surface area contributed by atoms with Gasteiger partial charge in [-0.15, -0.1) is 0 Å². The van der Waals surface area contributed by atoms with Crippen molar-refractivity contribution in [2.24, 2.45) is 0 Å². The van der Waals surface area contributed by atoms with E-state index < -0.39 is 5.60 Å². The zero-order valence-corrected chi connectivity index (χ0v) is 17.8. The number of hydrogen-bond acceptors (Lipinski definition) is 4. The van der Waals surface area contributed by atoms with Gasteiger partial charge in [0.2, 0.25) is 0 Å². The molecule has 0 amide bonds. The van der Waals surface area contributed by atoms with Crippen LogP contribution in [0.25, 0.3) is 10.9 Å². The summed E-state index contributed by atoms with van der Waals surface area (Å²) in [5.74, 6) is 0.705. The van der Waals surface area contributed by atoms with Crippen LogP contribution in [0.5, 0.6) is 0 Å². The molecule has 152 valence electrons. The Morgan fingerprint density at radius 1 is 1.24 bits per heavy atom. The molecule has 1 N–H and O–H groups in total. The van der Waals surface area contributed by atoms with Gasteiger partial charge in [0.25, 0.3) is 0 Å². The fraction of sp³-hybridized carbons (Fsp3) is 0.417. The van der Waals surface area contributed by atoms with Gasteiger partial charge in [-0.05, 0) is 83.2 Å². The number of anilines is 2. The highest BCUT2D eigenvalue weighted by molar-refractivity contribution is 5.99. The molecule has 0 unspecified atom stereocenters. The van der Waals surface area contributed by atoms with E-state index in [1.54, 1.807) is 0 Å². The second kappa shape index (κ2) is 7.21. The molecule has 0 saturated heterocycles. The van der Waals surface area contributed by atoms with Crippen LogP contribution in [-0.4, -0.2) is 21.1 Å². The lowest BCUT2D eigenvalue weighted by molar-refractivity contribution is 0.00702. The monoisotopic (exact) mass is 391 g/mol. The molecular formula is C24H29N3O2. The molecule has 5 nitrogen and oxygen atoms in total. The van der Waals surface area contributed by atoms with Gasteiger partial charge in [0.1, 0.15) is 17.0 Å². The predicted molar refractivity (Wildman–Crippen MR) is 117 cm³/mol. The molecule has 0 radical (unpaired) electrons. The Hall–Kier alpha value is -2.82. The average Bonchev–Trinajstić information content (AvgIpc) is 3.39. The van der Waals surface area contributed by atoms with E-state index in [0.29, 0.717) is 23.3 Å². The summed E-state index contributed by atoms with van der Waals surface area (Å²) in [5.41, 5.74) is 3.13. The lowest BCUT2D eigenvalue weighted by atomic mass is 10.1. The number of benzene rings is 1. The van der Waals surface area contributed by atoms with Gasteiger partial charge in [-0.2, -0.15) is 0 Å². The van der Waals surface area contributed by atoms with E-state index in [9.17, 15) is 4.79 Å². The van der Waals surface area contributed by atoms with Crippen LogP contribution in [-0.2, 0) is 4.74 Å². The van der Waals surface area contributed by atoms with Gasteiger partial charge in [0.05, 0.1) is 5.52 Å². The quantitative estimate of drug-likeness (QED) is 0.527. The summed E-state index contributed by atoms with van der Waals surface area (Å²) in [6, 6.07) is 10.6. The smallest absolute Gasteiger partial charge is 0.342 e. The van der Waals surface area contributed by atoms with Gasteiger partial charge in [0, 0.05) is 29.5 Å². The summed E-state index contributed by atoms with van der Waals surface area (Å²) in [5, 5.41) is 4.50. The second-order valence-corrected chi connectivity index (χ2v) is 9.12. The highest BCUT2D eigenvalue weighted by Crippen LogP contribution is 2.41. The SMILES string of the molecule is CC(C)n1ccc2c(Nc3ncc(C4CC4)cc3C(=O)OC(C)(C)C)cccc21. The van der Waals surface area contributed by atoms with Gasteiger partial charge in [0.15, 0.2) is 0 Å². The first-order chi connectivity index (χ1) is 13.7. The number of esters is 1. The van der Waals surface area contributed by atoms with E-state index in [4.69, 9.17) is 4.74 Å². The molecule has 1 aliphatic rings. The van der Waals surface area contributed by atoms with Crippen molar-refractivity contribution in [2.75, 3.05) is 5.32 Å². The Labute approximate surface area is 172 Å². The molecule has 1 fully saturated rings. The number of nitrogens with one attached hydrogen (secondary N) is 1. The maximum atomic E-state index is 12.9. The lowest BCUT2D eigenvalue weighted by Gasteiger charge is -2.21. The van der Waals surface area contributed by atoms with E-state index in [1.165, 1.54) is 0 Å². The standard InChI is InChI=1S/C24H29N3O2/c1-15(2)27-12-11-18-20(7-6-8-21(18)27)26-22-19(23(28)29-24(3,4)5)13-17(14-25-22)16-9-10-16/h6-8,11-16H,9-10H2,1-5H3,(H,25,26). The summed E-state index contributed by atoms with van der Waals surface area (Å²) in [4.78, 5) is 17.5. The third-order valence-electron chi connectivity index (χ3n) is 5.15. The largest absolute Gasteiger partial charge is 0.456 e. The van der Waals surface area contributed by atoms with Crippen molar-refractivity contribution in [3.63, 3.8) is 0 Å². The van der Waals surface area contributed by atoms with Crippen LogP contribution in [0.15, 0.2) is 42.7 Å². The number of rotatable bonds is 5. The summed E-state index contributed by atoms with van der Waals surface area (Å²) in [7, 11) is 0. The zero-order chi connectivity index (χ0) is 20.8. The first kappa shape index (κ1) is 19.5. The van der Waals surface area contributed by atoms with Crippen LogP contribution < -0.4 is 5.32 Å². The second-order valence-electron chi connectivity index (χ2n) is 9.12. The van der Waals surface area contributed by atoms with Crippen molar-refractivity contribution >= 4 is 28.4 Å². The number of hydrogen-bond donors (Lipinski definition) is 1. The zero-order valence-electron chi connectivity index (χ0n) is 17.8. The van der Waals surface area contributed by atoms with Gasteiger partial charge in [-0.25, -0.2) is 9.78 Å². The van der Waals surface area contributed by atoms with Crippen molar-refractivity contribution in [2.45, 2.75) is 65.0 Å². The molecule has 4 rings (SSSR count). The fourth-order valence-electron chi connectivity index (χ4n) is 3.58. The Bertz CT molecular complexity index is 1060. The molecule has 2 heterocycles. The molecule has 0 spiro atoms. The van der Waals surface area contributed by atoms with E-state index in [-0.39, 0.29) is 5.97 Å². The fourth-order valence-corrected chi connectivity index (χ4v) is 3.58. The maximum Gasteiger partial charge on any atom is 0.342 e. The number of nitrogens with zero attached hydrogens (tertiary/aromatic N) is 2. The van der Waals surface area contributed by atoms with Gasteiger partial charge < -0.3 is 14.6 Å². The van der Waals surface area contributed by atoms with E-state index in [0.717, 1.165) is 35.0 Å². The number of carbonyl (C=O) groups is 1. The molecule has 1 aromatic carbocycles. The van der Waals surface area contributed by atoms with E-state index in [1.807, 2.05) is 45.2 Å².